The molecule has 0 radical (unpaired) electrons. The number of benzene rings is 1. The maximum Gasteiger partial charge on any atom is 0.191 e. The molecule has 0 aliphatic carbocycles. The van der Waals surface area contributed by atoms with Crippen molar-refractivity contribution in [3.63, 3.8) is 0 Å². The average Bonchev–Trinajstić information content (AvgIpc) is 2.62. The van der Waals surface area contributed by atoms with E-state index in [-0.39, 0.29) is 24.0 Å². The van der Waals surface area contributed by atoms with Crippen molar-refractivity contribution in [2.75, 3.05) is 26.2 Å². The van der Waals surface area contributed by atoms with E-state index in [2.05, 4.69) is 39.1 Å². The van der Waals surface area contributed by atoms with E-state index in [0.29, 0.717) is 12.5 Å². The number of piperidine rings is 2. The first-order chi connectivity index (χ1) is 11.3. The first kappa shape index (κ1) is 19.5. The van der Waals surface area contributed by atoms with Crippen LogP contribution >= 0.6 is 24.0 Å². The smallest absolute Gasteiger partial charge is 0.191 e. The number of rotatable bonds is 4. The number of guanidine groups is 1. The Hall–Kier alpha value is -0.820. The van der Waals surface area contributed by atoms with E-state index in [4.69, 9.17) is 5.73 Å². The summed E-state index contributed by atoms with van der Waals surface area (Å²) in [5, 5.41) is 0. The molecule has 0 aromatic heterocycles. The third-order valence-corrected chi connectivity index (χ3v) is 4.98. The van der Waals surface area contributed by atoms with Crippen LogP contribution in [0.4, 0.5) is 0 Å². The van der Waals surface area contributed by atoms with Crippen LogP contribution in [0.25, 0.3) is 0 Å². The highest BCUT2D eigenvalue weighted by Gasteiger charge is 2.12. The number of hydrogen-bond acceptors (Lipinski definition) is 2. The Kier molecular flexibility index (Phi) is 8.32. The summed E-state index contributed by atoms with van der Waals surface area (Å²) in [4.78, 5) is 9.35. The van der Waals surface area contributed by atoms with Crippen molar-refractivity contribution in [2.24, 2.45) is 10.7 Å². The molecule has 0 saturated carbocycles. The fraction of sp³-hybridized carbons (Fsp3) is 0.632. The SMILES string of the molecule is I.NC(=NCc1ccc(CN2CCCCC2)cc1)N1CCCCC1. The van der Waals surface area contributed by atoms with Crippen LogP contribution in [0, 0.1) is 0 Å². The molecule has 2 saturated heterocycles. The minimum atomic E-state index is 0. The third kappa shape index (κ3) is 5.92. The summed E-state index contributed by atoms with van der Waals surface area (Å²) >= 11 is 0. The lowest BCUT2D eigenvalue weighted by atomic mass is 10.1. The molecule has 2 aliphatic heterocycles. The summed E-state index contributed by atoms with van der Waals surface area (Å²) in [6, 6.07) is 8.89. The summed E-state index contributed by atoms with van der Waals surface area (Å²) in [6.45, 7) is 6.39. The summed E-state index contributed by atoms with van der Waals surface area (Å²) in [5.41, 5.74) is 8.77. The quantitative estimate of drug-likeness (QED) is 0.441. The lowest BCUT2D eigenvalue weighted by molar-refractivity contribution is 0.221. The predicted octanol–water partition coefficient (Wildman–Crippen LogP) is 3.59. The standard InChI is InChI=1S/C19H30N4.HI/c20-19(23-13-5-2-6-14-23)21-15-17-7-9-18(10-8-17)16-22-11-3-1-4-12-22;/h7-10H,1-6,11-16H2,(H2,20,21);1H. The van der Waals surface area contributed by atoms with Crippen molar-refractivity contribution in [1.29, 1.82) is 0 Å². The maximum absolute atomic E-state index is 6.12. The molecule has 2 fully saturated rings. The van der Waals surface area contributed by atoms with E-state index in [1.54, 1.807) is 0 Å². The number of halogens is 1. The zero-order valence-electron chi connectivity index (χ0n) is 14.6. The van der Waals surface area contributed by atoms with Crippen molar-refractivity contribution >= 4 is 29.9 Å². The lowest BCUT2D eigenvalue weighted by Crippen LogP contribution is -2.40. The van der Waals surface area contributed by atoms with Crippen LogP contribution < -0.4 is 5.73 Å². The van der Waals surface area contributed by atoms with Crippen LogP contribution in [0.15, 0.2) is 29.3 Å². The van der Waals surface area contributed by atoms with E-state index in [0.717, 1.165) is 19.6 Å². The Balaban J connectivity index is 0.00000208. The van der Waals surface area contributed by atoms with E-state index in [1.165, 1.54) is 62.7 Å². The minimum Gasteiger partial charge on any atom is -0.370 e. The van der Waals surface area contributed by atoms with E-state index >= 15 is 0 Å². The van der Waals surface area contributed by atoms with Crippen molar-refractivity contribution in [3.8, 4) is 0 Å². The molecular weight excluding hydrogens is 411 g/mol. The Morgan fingerprint density at radius 1 is 0.833 bits per heavy atom. The van der Waals surface area contributed by atoms with Crippen LogP contribution in [0.3, 0.4) is 0 Å². The van der Waals surface area contributed by atoms with Crippen molar-refractivity contribution < 1.29 is 0 Å². The molecule has 2 aliphatic rings. The van der Waals surface area contributed by atoms with Gasteiger partial charge in [-0.2, -0.15) is 0 Å². The molecule has 0 atom stereocenters. The van der Waals surface area contributed by atoms with Gasteiger partial charge in [-0.25, -0.2) is 4.99 Å². The zero-order valence-corrected chi connectivity index (χ0v) is 17.0. The van der Waals surface area contributed by atoms with Gasteiger partial charge in [-0.05, 0) is 56.3 Å². The van der Waals surface area contributed by atoms with Gasteiger partial charge in [0.2, 0.25) is 0 Å². The molecule has 3 rings (SSSR count). The second kappa shape index (κ2) is 10.2. The number of nitrogens with zero attached hydrogens (tertiary/aromatic N) is 3. The van der Waals surface area contributed by atoms with E-state index in [9.17, 15) is 0 Å². The fourth-order valence-corrected chi connectivity index (χ4v) is 3.52. The highest BCUT2D eigenvalue weighted by atomic mass is 127. The average molecular weight is 442 g/mol. The molecule has 0 amide bonds. The zero-order chi connectivity index (χ0) is 15.9. The first-order valence-corrected chi connectivity index (χ1v) is 9.16. The summed E-state index contributed by atoms with van der Waals surface area (Å²) in [5.74, 6) is 0.710. The van der Waals surface area contributed by atoms with Gasteiger partial charge >= 0.3 is 0 Å². The number of hydrogen-bond donors (Lipinski definition) is 1. The van der Waals surface area contributed by atoms with E-state index < -0.39 is 0 Å². The van der Waals surface area contributed by atoms with E-state index in [1.807, 2.05) is 0 Å². The van der Waals surface area contributed by atoms with Crippen molar-refractivity contribution in [2.45, 2.75) is 51.6 Å². The monoisotopic (exact) mass is 442 g/mol. The van der Waals surface area contributed by atoms with Crippen molar-refractivity contribution in [1.82, 2.24) is 9.80 Å². The van der Waals surface area contributed by atoms with Gasteiger partial charge in [0.15, 0.2) is 5.96 Å². The molecule has 134 valence electrons. The van der Waals surface area contributed by atoms with Gasteiger partial charge in [0.05, 0.1) is 6.54 Å². The van der Waals surface area contributed by atoms with Gasteiger partial charge < -0.3 is 10.6 Å². The van der Waals surface area contributed by atoms with Gasteiger partial charge in [-0.1, -0.05) is 30.7 Å². The Morgan fingerprint density at radius 2 is 1.38 bits per heavy atom. The molecule has 4 nitrogen and oxygen atoms in total. The molecule has 0 unspecified atom stereocenters. The number of aliphatic imine (C=N–C) groups is 1. The lowest BCUT2D eigenvalue weighted by Gasteiger charge is -2.27. The molecular formula is C19H31IN4. The van der Waals surface area contributed by atoms with Crippen LogP contribution in [0.1, 0.15) is 49.7 Å². The largest absolute Gasteiger partial charge is 0.370 e. The van der Waals surface area contributed by atoms with Crippen LogP contribution in [0.2, 0.25) is 0 Å². The number of likely N-dealkylation sites (tertiary alicyclic amines) is 2. The highest BCUT2D eigenvalue weighted by Crippen LogP contribution is 2.14. The van der Waals surface area contributed by atoms with Gasteiger partial charge in [-0.15, -0.1) is 24.0 Å². The first-order valence-electron chi connectivity index (χ1n) is 9.16. The van der Waals surface area contributed by atoms with Gasteiger partial charge in [-0.3, -0.25) is 4.90 Å². The number of nitrogens with two attached hydrogens (primary N) is 1. The molecule has 1 aromatic carbocycles. The summed E-state index contributed by atoms with van der Waals surface area (Å²) in [7, 11) is 0. The fourth-order valence-electron chi connectivity index (χ4n) is 3.52. The van der Waals surface area contributed by atoms with Gasteiger partial charge in [0.1, 0.15) is 0 Å². The molecule has 2 heterocycles. The molecule has 24 heavy (non-hydrogen) atoms. The normalized spacial score (nSPS) is 19.8. The van der Waals surface area contributed by atoms with Gasteiger partial charge in [0.25, 0.3) is 0 Å². The predicted molar refractivity (Wildman–Crippen MR) is 112 cm³/mol. The molecule has 0 spiro atoms. The third-order valence-electron chi connectivity index (χ3n) is 4.98. The maximum atomic E-state index is 6.12. The Labute approximate surface area is 163 Å². The molecule has 1 aromatic rings. The summed E-state index contributed by atoms with van der Waals surface area (Å²) in [6.07, 6.45) is 7.89. The second-order valence-corrected chi connectivity index (χ2v) is 6.88. The second-order valence-electron chi connectivity index (χ2n) is 6.88. The van der Waals surface area contributed by atoms with Crippen molar-refractivity contribution in [3.05, 3.63) is 35.4 Å². The Morgan fingerprint density at radius 3 is 2.00 bits per heavy atom. The molecule has 5 heteroatoms. The molecule has 0 bridgehead atoms. The van der Waals surface area contributed by atoms with Crippen LogP contribution in [-0.2, 0) is 13.1 Å². The molecule has 2 N–H and O–H groups in total. The highest BCUT2D eigenvalue weighted by molar-refractivity contribution is 14.0. The van der Waals surface area contributed by atoms with Crippen LogP contribution in [-0.4, -0.2) is 41.9 Å². The van der Waals surface area contributed by atoms with Gasteiger partial charge in [0, 0.05) is 19.6 Å². The van der Waals surface area contributed by atoms with Crippen LogP contribution in [0.5, 0.6) is 0 Å². The topological polar surface area (TPSA) is 44.9 Å². The summed E-state index contributed by atoms with van der Waals surface area (Å²) < 4.78 is 0. The Bertz CT molecular complexity index is 503. The minimum absolute atomic E-state index is 0.